The van der Waals surface area contributed by atoms with Crippen LogP contribution in [0.2, 0.25) is 0 Å². The highest BCUT2D eigenvalue weighted by atomic mass is 79.9. The molecule has 7 heteroatoms. The number of aryl methyl sites for hydroxylation is 1. The molecule has 0 heterocycles. The third kappa shape index (κ3) is 4.42. The van der Waals surface area contributed by atoms with Crippen LogP contribution < -0.4 is 16.8 Å². The minimum Gasteiger partial charge on any atom is -0.404 e. The van der Waals surface area contributed by atoms with Crippen LogP contribution in [-0.4, -0.2) is 16.9 Å². The van der Waals surface area contributed by atoms with Crippen molar-refractivity contribution in [1.82, 2.24) is 0 Å². The Kier molecular flexibility index (Phi) is 6.78. The number of Topliss-reactive ketones (excluding diaryl/α,β-unsaturated/α-hetero) is 1. The molecule has 0 saturated heterocycles. The number of hydrogen-bond donors (Lipinski definition) is 3. The zero-order chi connectivity index (χ0) is 16.7. The number of halogens is 2. The number of ketones is 1. The fourth-order valence-electron chi connectivity index (χ4n) is 1.69. The van der Waals surface area contributed by atoms with Crippen molar-refractivity contribution in [3.05, 3.63) is 53.2 Å². The van der Waals surface area contributed by atoms with Crippen molar-refractivity contribution in [2.75, 3.05) is 11.9 Å². The van der Waals surface area contributed by atoms with E-state index in [1.165, 1.54) is 18.2 Å². The van der Waals surface area contributed by atoms with Crippen LogP contribution in [0.25, 0.3) is 0 Å². The minimum atomic E-state index is -0.419. The van der Waals surface area contributed by atoms with Crippen molar-refractivity contribution in [3.8, 4) is 0 Å². The Balaban J connectivity index is 3.06. The molecule has 0 fully saturated rings. The van der Waals surface area contributed by atoms with E-state index in [9.17, 15) is 9.18 Å². The van der Waals surface area contributed by atoms with E-state index >= 15 is 0 Å². The van der Waals surface area contributed by atoms with Gasteiger partial charge in [0.15, 0.2) is 0 Å². The molecule has 0 aliphatic rings. The lowest BCUT2D eigenvalue weighted by Gasteiger charge is -2.13. The number of allylic oxidation sites excluding steroid dienone is 1. The molecule has 5 N–H and O–H groups in total. The van der Waals surface area contributed by atoms with Crippen LogP contribution in [-0.2, 0) is 4.79 Å². The molecule has 0 aliphatic heterocycles. The fourth-order valence-corrected chi connectivity index (χ4v) is 2.26. The standard InChI is InChI=1S/C15H18BrFN4O/c1-3-20-15(16)11(7-18)14(22)13(8-19)21-12-5-4-10(17)6-9(12)2/h4-8,21H,3,18-19H2,1-2H3/b11-7?,13-8-,20-15?. The minimum absolute atomic E-state index is 0.120. The Morgan fingerprint density at radius 3 is 2.59 bits per heavy atom. The van der Waals surface area contributed by atoms with Crippen molar-refractivity contribution < 1.29 is 9.18 Å². The SMILES string of the molecule is CCN=C(Br)C(=CN)C(=O)/C(=C/N)Nc1ccc(F)cc1C. The average Bonchev–Trinajstić information content (AvgIpc) is 2.47. The lowest BCUT2D eigenvalue weighted by atomic mass is 10.1. The Hall–Kier alpha value is -2.15. The normalized spacial score (nSPS) is 13.2. The summed E-state index contributed by atoms with van der Waals surface area (Å²) in [6.07, 6.45) is 2.30. The summed E-state index contributed by atoms with van der Waals surface area (Å²) < 4.78 is 13.5. The first-order chi connectivity index (χ1) is 10.4. The molecule has 0 radical (unpaired) electrons. The number of carbonyl (C=O) groups excluding carboxylic acids is 1. The van der Waals surface area contributed by atoms with E-state index < -0.39 is 5.78 Å². The number of aliphatic imine (C=N–C) groups is 1. The van der Waals surface area contributed by atoms with Crippen molar-refractivity contribution >= 4 is 32.0 Å². The van der Waals surface area contributed by atoms with Gasteiger partial charge in [0.05, 0.1) is 5.57 Å². The van der Waals surface area contributed by atoms with E-state index in [1.807, 2.05) is 6.92 Å². The predicted molar refractivity (Wildman–Crippen MR) is 91.2 cm³/mol. The number of benzene rings is 1. The first-order valence-corrected chi connectivity index (χ1v) is 7.35. The molecule has 0 aliphatic carbocycles. The van der Waals surface area contributed by atoms with E-state index in [1.54, 1.807) is 6.92 Å². The van der Waals surface area contributed by atoms with Gasteiger partial charge in [0.25, 0.3) is 0 Å². The topological polar surface area (TPSA) is 93.5 Å². The number of nitrogens with zero attached hydrogens (tertiary/aromatic N) is 1. The number of nitrogens with one attached hydrogen (secondary N) is 1. The average molecular weight is 369 g/mol. The number of carbonyl (C=O) groups is 1. The number of nitrogens with two attached hydrogens (primary N) is 2. The first-order valence-electron chi connectivity index (χ1n) is 6.56. The van der Waals surface area contributed by atoms with Crippen LogP contribution in [0.1, 0.15) is 12.5 Å². The maximum atomic E-state index is 13.1. The third-order valence-corrected chi connectivity index (χ3v) is 3.48. The molecule has 0 amide bonds. The van der Waals surface area contributed by atoms with Gasteiger partial charge in [-0.25, -0.2) is 4.39 Å². The number of rotatable bonds is 6. The summed E-state index contributed by atoms with van der Waals surface area (Å²) in [6.45, 7) is 4.05. The van der Waals surface area contributed by atoms with Gasteiger partial charge in [0, 0.05) is 24.6 Å². The van der Waals surface area contributed by atoms with E-state index in [2.05, 4.69) is 26.2 Å². The second-order valence-electron chi connectivity index (χ2n) is 4.34. The van der Waals surface area contributed by atoms with Gasteiger partial charge in [-0.2, -0.15) is 0 Å². The van der Waals surface area contributed by atoms with Crippen LogP contribution in [0.4, 0.5) is 10.1 Å². The summed E-state index contributed by atoms with van der Waals surface area (Å²) in [5.41, 5.74) is 12.6. The zero-order valence-electron chi connectivity index (χ0n) is 12.4. The van der Waals surface area contributed by atoms with Gasteiger partial charge < -0.3 is 16.8 Å². The highest BCUT2D eigenvalue weighted by molar-refractivity contribution is 9.18. The molecule has 0 spiro atoms. The molecular weight excluding hydrogens is 351 g/mol. The molecule has 1 rings (SSSR count). The van der Waals surface area contributed by atoms with Gasteiger partial charge in [-0.15, -0.1) is 0 Å². The lowest BCUT2D eigenvalue weighted by Crippen LogP contribution is -2.20. The summed E-state index contributed by atoms with van der Waals surface area (Å²) in [5.74, 6) is -0.772. The molecule has 22 heavy (non-hydrogen) atoms. The molecule has 0 bridgehead atoms. The van der Waals surface area contributed by atoms with E-state index in [-0.39, 0.29) is 17.1 Å². The smallest absolute Gasteiger partial charge is 0.214 e. The van der Waals surface area contributed by atoms with Crippen molar-refractivity contribution in [1.29, 1.82) is 0 Å². The maximum Gasteiger partial charge on any atom is 0.214 e. The lowest BCUT2D eigenvalue weighted by molar-refractivity contribution is -0.111. The summed E-state index contributed by atoms with van der Waals surface area (Å²) in [6, 6.07) is 4.18. The zero-order valence-corrected chi connectivity index (χ0v) is 13.9. The van der Waals surface area contributed by atoms with Gasteiger partial charge >= 0.3 is 0 Å². The van der Waals surface area contributed by atoms with E-state index in [0.717, 1.165) is 12.4 Å². The Morgan fingerprint density at radius 1 is 1.41 bits per heavy atom. The summed E-state index contributed by atoms with van der Waals surface area (Å²) in [5, 5.41) is 2.88. The van der Waals surface area contributed by atoms with Crippen LogP contribution in [0.15, 0.2) is 46.9 Å². The van der Waals surface area contributed by atoms with Crippen molar-refractivity contribution in [3.63, 3.8) is 0 Å². The Bertz CT molecular complexity index is 653. The number of anilines is 1. The van der Waals surface area contributed by atoms with Crippen molar-refractivity contribution in [2.24, 2.45) is 16.5 Å². The van der Waals surface area contributed by atoms with Gasteiger partial charge in [-0.1, -0.05) is 0 Å². The summed E-state index contributed by atoms with van der Waals surface area (Å²) >= 11 is 3.21. The number of hydrogen-bond acceptors (Lipinski definition) is 5. The summed E-state index contributed by atoms with van der Waals surface area (Å²) in [7, 11) is 0. The molecule has 118 valence electrons. The molecule has 0 saturated carbocycles. The molecule has 1 aromatic carbocycles. The monoisotopic (exact) mass is 368 g/mol. The van der Waals surface area contributed by atoms with Gasteiger partial charge in [0.2, 0.25) is 5.78 Å². The Labute approximate surface area is 137 Å². The van der Waals surface area contributed by atoms with Crippen LogP contribution in [0.3, 0.4) is 0 Å². The maximum absolute atomic E-state index is 13.1. The van der Waals surface area contributed by atoms with Gasteiger partial charge in [-0.05, 0) is 53.5 Å². The quantitative estimate of drug-likeness (QED) is 0.531. The summed E-state index contributed by atoms with van der Waals surface area (Å²) in [4.78, 5) is 16.5. The highest BCUT2D eigenvalue weighted by Gasteiger charge is 2.19. The fraction of sp³-hybridized carbons (Fsp3) is 0.200. The molecule has 0 aromatic heterocycles. The highest BCUT2D eigenvalue weighted by Crippen LogP contribution is 2.19. The van der Waals surface area contributed by atoms with Crippen LogP contribution in [0.5, 0.6) is 0 Å². The van der Waals surface area contributed by atoms with Gasteiger partial charge in [0.1, 0.15) is 16.1 Å². The first kappa shape index (κ1) is 17.9. The molecular formula is C15H18BrFN4O. The van der Waals surface area contributed by atoms with Crippen molar-refractivity contribution in [2.45, 2.75) is 13.8 Å². The molecule has 0 atom stereocenters. The largest absolute Gasteiger partial charge is 0.404 e. The van der Waals surface area contributed by atoms with Crippen LogP contribution >= 0.6 is 15.9 Å². The third-order valence-electron chi connectivity index (χ3n) is 2.80. The van der Waals surface area contributed by atoms with Crippen LogP contribution in [0, 0.1) is 12.7 Å². The predicted octanol–water partition coefficient (Wildman–Crippen LogP) is 2.57. The second kappa shape index (κ2) is 8.33. The van der Waals surface area contributed by atoms with Gasteiger partial charge in [-0.3, -0.25) is 9.79 Å². The Morgan fingerprint density at radius 2 is 2.09 bits per heavy atom. The van der Waals surface area contributed by atoms with E-state index in [4.69, 9.17) is 11.5 Å². The molecule has 5 nitrogen and oxygen atoms in total. The molecule has 0 unspecified atom stereocenters. The second-order valence-corrected chi connectivity index (χ2v) is 5.09. The van der Waals surface area contributed by atoms with E-state index in [0.29, 0.717) is 22.4 Å². The molecule has 1 aromatic rings.